The van der Waals surface area contributed by atoms with Crippen molar-refractivity contribution >= 4 is 39.6 Å². The van der Waals surface area contributed by atoms with Crippen LogP contribution in [0.2, 0.25) is 0 Å². The minimum absolute atomic E-state index is 0.0628. The number of fused-ring (bicyclic) bond motifs is 1. The zero-order valence-corrected chi connectivity index (χ0v) is 21.9. The minimum Gasteiger partial charge on any atom is -0.318 e. The molecular formula is C21H37N5O3S3. The van der Waals surface area contributed by atoms with Crippen molar-refractivity contribution in [2.24, 2.45) is 0 Å². The molecule has 0 spiro atoms. The van der Waals surface area contributed by atoms with Crippen LogP contribution in [0, 0.1) is 0 Å². The Hall–Kier alpha value is -0.200. The zero-order valence-electron chi connectivity index (χ0n) is 19.4. The molecular weight excluding hydrogens is 466 g/mol. The number of carbonyl (C=O) groups excluding carboxylic acids is 1. The van der Waals surface area contributed by atoms with Crippen molar-refractivity contribution in [3.05, 3.63) is 0 Å². The maximum atomic E-state index is 13.7. The zero-order chi connectivity index (χ0) is 22.8. The van der Waals surface area contributed by atoms with Crippen LogP contribution in [0.3, 0.4) is 0 Å². The van der Waals surface area contributed by atoms with E-state index in [0.29, 0.717) is 34.8 Å². The monoisotopic (exact) mass is 503 g/mol. The summed E-state index contributed by atoms with van der Waals surface area (Å²) in [6.07, 6.45) is 3.71. The SMILES string of the molecule is CC1CNC(N2C(=O)N(CC3SC(C)NC3C)C3CCC(S(=O)(=O)NC4(C)CC4)CC32)S1. The summed E-state index contributed by atoms with van der Waals surface area (Å²) in [5.74, 6) is 0. The number of hydrogen-bond acceptors (Lipinski definition) is 7. The maximum absolute atomic E-state index is 13.7. The molecule has 11 heteroatoms. The van der Waals surface area contributed by atoms with Gasteiger partial charge in [0.1, 0.15) is 5.50 Å². The van der Waals surface area contributed by atoms with E-state index >= 15 is 0 Å². The molecule has 8 atom stereocenters. The molecule has 3 heterocycles. The number of nitrogens with one attached hydrogen (secondary N) is 3. The molecule has 5 fully saturated rings. The Morgan fingerprint density at radius 2 is 1.91 bits per heavy atom. The van der Waals surface area contributed by atoms with E-state index in [-0.39, 0.29) is 29.2 Å². The summed E-state index contributed by atoms with van der Waals surface area (Å²) in [5.41, 5.74) is -0.332. The normalized spacial score (nSPS) is 43.7. The fourth-order valence-corrected chi connectivity index (χ4v) is 10.2. The third-order valence-electron chi connectivity index (χ3n) is 7.79. The van der Waals surface area contributed by atoms with Crippen molar-refractivity contribution in [3.8, 4) is 0 Å². The molecule has 8 unspecified atom stereocenters. The maximum Gasteiger partial charge on any atom is 0.322 e. The van der Waals surface area contributed by atoms with E-state index in [0.717, 1.165) is 32.4 Å². The average molecular weight is 504 g/mol. The van der Waals surface area contributed by atoms with Crippen molar-refractivity contribution in [1.82, 2.24) is 25.2 Å². The van der Waals surface area contributed by atoms with E-state index < -0.39 is 15.3 Å². The van der Waals surface area contributed by atoms with Gasteiger partial charge in [0.2, 0.25) is 10.0 Å². The van der Waals surface area contributed by atoms with Gasteiger partial charge in [0.05, 0.1) is 22.7 Å². The fraction of sp³-hybridized carbons (Fsp3) is 0.952. The van der Waals surface area contributed by atoms with E-state index in [2.05, 4.69) is 41.0 Å². The molecule has 5 rings (SSSR count). The van der Waals surface area contributed by atoms with Gasteiger partial charge in [0.15, 0.2) is 0 Å². The highest BCUT2D eigenvalue weighted by molar-refractivity contribution is 8.01. The minimum atomic E-state index is -3.40. The van der Waals surface area contributed by atoms with Crippen LogP contribution in [-0.2, 0) is 10.0 Å². The van der Waals surface area contributed by atoms with Crippen LogP contribution in [0.4, 0.5) is 4.79 Å². The standard InChI is InChI=1S/C21H37N5O3S3/c1-12-10-22-19(30-12)26-17-9-15(32(28,29)24-21(4)7-8-21)5-6-16(17)25(20(26)27)11-18-13(2)23-14(3)31-18/h12-19,22-24H,5-11H2,1-4H3. The quantitative estimate of drug-likeness (QED) is 0.510. The summed E-state index contributed by atoms with van der Waals surface area (Å²) < 4.78 is 29.3. The highest BCUT2D eigenvalue weighted by Crippen LogP contribution is 2.43. The molecule has 3 N–H and O–H groups in total. The number of sulfonamides is 1. The predicted molar refractivity (Wildman–Crippen MR) is 131 cm³/mol. The Morgan fingerprint density at radius 1 is 1.16 bits per heavy atom. The Kier molecular flexibility index (Phi) is 6.24. The lowest BCUT2D eigenvalue weighted by molar-refractivity contribution is 0.175. The van der Waals surface area contributed by atoms with Gasteiger partial charge in [0.25, 0.3) is 0 Å². The van der Waals surface area contributed by atoms with Crippen LogP contribution < -0.4 is 15.4 Å². The number of rotatable bonds is 6. The Morgan fingerprint density at radius 3 is 2.50 bits per heavy atom. The fourth-order valence-electron chi connectivity index (χ4n) is 5.71. The second-order valence-corrected chi connectivity index (χ2v) is 15.7. The van der Waals surface area contributed by atoms with E-state index in [4.69, 9.17) is 0 Å². The molecule has 32 heavy (non-hydrogen) atoms. The van der Waals surface area contributed by atoms with Gasteiger partial charge in [-0.05, 0) is 52.9 Å². The lowest BCUT2D eigenvalue weighted by Crippen LogP contribution is -2.52. The van der Waals surface area contributed by atoms with Gasteiger partial charge in [0, 0.05) is 35.2 Å². The summed E-state index contributed by atoms with van der Waals surface area (Å²) in [4.78, 5) is 17.8. The van der Waals surface area contributed by atoms with Crippen molar-refractivity contribution in [3.63, 3.8) is 0 Å². The summed E-state index contributed by atoms with van der Waals surface area (Å²) in [5, 5.41) is 7.82. The van der Waals surface area contributed by atoms with Crippen LogP contribution in [0.25, 0.3) is 0 Å². The van der Waals surface area contributed by atoms with E-state index in [1.165, 1.54) is 0 Å². The van der Waals surface area contributed by atoms with Gasteiger partial charge in [-0.2, -0.15) is 0 Å². The molecule has 2 aliphatic carbocycles. The molecule has 0 radical (unpaired) electrons. The number of amides is 2. The van der Waals surface area contributed by atoms with Gasteiger partial charge >= 0.3 is 6.03 Å². The highest BCUT2D eigenvalue weighted by atomic mass is 32.2. The van der Waals surface area contributed by atoms with Crippen molar-refractivity contribution in [2.75, 3.05) is 13.1 Å². The summed E-state index contributed by atoms with van der Waals surface area (Å²) in [6, 6.07) is 0.459. The van der Waals surface area contributed by atoms with Gasteiger partial charge in [-0.15, -0.1) is 23.5 Å². The van der Waals surface area contributed by atoms with Gasteiger partial charge in [-0.25, -0.2) is 17.9 Å². The third-order valence-corrected chi connectivity index (χ3v) is 12.6. The van der Waals surface area contributed by atoms with Crippen LogP contribution in [-0.4, -0.2) is 87.6 Å². The topological polar surface area (TPSA) is 93.8 Å². The molecule has 2 amide bonds. The lowest BCUT2D eigenvalue weighted by atomic mass is 9.89. The summed E-state index contributed by atoms with van der Waals surface area (Å²) in [6.45, 7) is 10.1. The Balaban J connectivity index is 1.37. The van der Waals surface area contributed by atoms with Crippen molar-refractivity contribution in [1.29, 1.82) is 0 Å². The Labute approximate surface area is 200 Å². The first-order valence-corrected chi connectivity index (χ1v) is 15.4. The molecule has 3 saturated heterocycles. The van der Waals surface area contributed by atoms with Crippen LogP contribution in [0.5, 0.6) is 0 Å². The summed E-state index contributed by atoms with van der Waals surface area (Å²) >= 11 is 3.69. The predicted octanol–water partition coefficient (Wildman–Crippen LogP) is 1.93. The molecule has 2 saturated carbocycles. The average Bonchev–Trinajstić information content (AvgIpc) is 3.01. The molecule has 5 aliphatic rings. The van der Waals surface area contributed by atoms with E-state index in [1.807, 2.05) is 23.6 Å². The number of carbonyl (C=O) groups is 1. The molecule has 8 nitrogen and oxygen atoms in total. The number of hydrogen-bond donors (Lipinski definition) is 3. The molecule has 0 aromatic carbocycles. The van der Waals surface area contributed by atoms with E-state index in [9.17, 15) is 13.2 Å². The molecule has 0 bridgehead atoms. The van der Waals surface area contributed by atoms with Gasteiger partial charge in [-0.1, -0.05) is 6.92 Å². The first kappa shape index (κ1) is 23.5. The first-order valence-electron chi connectivity index (χ1n) is 12.0. The molecule has 182 valence electrons. The second-order valence-electron chi connectivity index (χ2n) is 10.6. The number of thioether (sulfide) groups is 2. The molecule has 0 aromatic rings. The molecule has 3 aliphatic heterocycles. The number of urea groups is 1. The van der Waals surface area contributed by atoms with Crippen LogP contribution >= 0.6 is 23.5 Å². The first-order chi connectivity index (χ1) is 15.1. The summed E-state index contributed by atoms with van der Waals surface area (Å²) in [7, 11) is -3.40. The largest absolute Gasteiger partial charge is 0.322 e. The van der Waals surface area contributed by atoms with Crippen LogP contribution in [0.15, 0.2) is 0 Å². The highest BCUT2D eigenvalue weighted by Gasteiger charge is 2.55. The van der Waals surface area contributed by atoms with Gasteiger partial charge < -0.3 is 10.2 Å². The van der Waals surface area contributed by atoms with E-state index in [1.54, 1.807) is 11.8 Å². The third kappa shape index (κ3) is 4.42. The van der Waals surface area contributed by atoms with Gasteiger partial charge in [-0.3, -0.25) is 10.2 Å². The Bertz CT molecular complexity index is 854. The molecule has 0 aromatic heterocycles. The van der Waals surface area contributed by atoms with Crippen molar-refractivity contribution < 1.29 is 13.2 Å². The second kappa shape index (κ2) is 8.48. The number of nitrogens with zero attached hydrogens (tertiary/aromatic N) is 2. The van der Waals surface area contributed by atoms with Crippen LogP contribution in [0.1, 0.15) is 59.8 Å². The lowest BCUT2D eigenvalue weighted by Gasteiger charge is -2.38. The van der Waals surface area contributed by atoms with Crippen molar-refractivity contribution in [2.45, 2.75) is 110 Å². The smallest absolute Gasteiger partial charge is 0.318 e.